The number of nitrogens with zero attached hydrogens (tertiary/aromatic N) is 1. The molecule has 2 heterocycles. The highest BCUT2D eigenvalue weighted by Crippen LogP contribution is 2.27. The van der Waals surface area contributed by atoms with Crippen LogP contribution in [0.5, 0.6) is 5.75 Å². The zero-order valence-electron chi connectivity index (χ0n) is 11.3. The number of thioether (sulfide) groups is 1. The molecule has 4 heteroatoms. The van der Waals surface area contributed by atoms with E-state index in [1.165, 1.54) is 36.7 Å². The Bertz CT molecular complexity index is 382. The van der Waals surface area contributed by atoms with Crippen molar-refractivity contribution in [3.05, 3.63) is 29.8 Å². The lowest BCUT2D eigenvalue weighted by Gasteiger charge is -2.26. The lowest BCUT2D eigenvalue weighted by molar-refractivity contribution is 0.222. The number of nitrogens with one attached hydrogen (secondary N) is 1. The van der Waals surface area contributed by atoms with Gasteiger partial charge in [-0.05, 0) is 11.6 Å². The molecule has 0 saturated carbocycles. The van der Waals surface area contributed by atoms with E-state index in [0.717, 1.165) is 25.3 Å². The SMILES string of the molecule is c1ccc2c(c1)CC(CNCCN1CCSCC1)O2. The predicted octanol–water partition coefficient (Wildman–Crippen LogP) is 1.63. The summed E-state index contributed by atoms with van der Waals surface area (Å²) >= 11 is 2.07. The molecule has 1 saturated heterocycles. The molecule has 19 heavy (non-hydrogen) atoms. The molecule has 3 rings (SSSR count). The van der Waals surface area contributed by atoms with Crippen molar-refractivity contribution in [2.75, 3.05) is 44.2 Å². The third kappa shape index (κ3) is 3.65. The van der Waals surface area contributed by atoms with Gasteiger partial charge in [0.1, 0.15) is 11.9 Å². The first-order valence-electron chi connectivity index (χ1n) is 7.17. The first kappa shape index (κ1) is 13.3. The van der Waals surface area contributed by atoms with E-state index in [-0.39, 0.29) is 0 Å². The first-order valence-corrected chi connectivity index (χ1v) is 8.33. The van der Waals surface area contributed by atoms with Crippen molar-refractivity contribution in [1.29, 1.82) is 0 Å². The largest absolute Gasteiger partial charge is 0.488 e. The maximum atomic E-state index is 5.92. The van der Waals surface area contributed by atoms with E-state index in [1.54, 1.807) is 0 Å². The van der Waals surface area contributed by atoms with E-state index in [4.69, 9.17) is 4.74 Å². The van der Waals surface area contributed by atoms with Crippen molar-refractivity contribution in [3.8, 4) is 5.75 Å². The van der Waals surface area contributed by atoms with Crippen molar-refractivity contribution in [1.82, 2.24) is 10.2 Å². The number of para-hydroxylation sites is 1. The molecule has 0 radical (unpaired) electrons. The summed E-state index contributed by atoms with van der Waals surface area (Å²) in [6.45, 7) is 5.69. The fourth-order valence-corrected chi connectivity index (χ4v) is 3.67. The van der Waals surface area contributed by atoms with Gasteiger partial charge < -0.3 is 15.0 Å². The van der Waals surface area contributed by atoms with Crippen LogP contribution in [-0.4, -0.2) is 55.2 Å². The summed E-state index contributed by atoms with van der Waals surface area (Å²) in [7, 11) is 0. The molecular weight excluding hydrogens is 256 g/mol. The van der Waals surface area contributed by atoms with E-state index in [9.17, 15) is 0 Å². The Hall–Kier alpha value is -0.710. The summed E-state index contributed by atoms with van der Waals surface area (Å²) in [5, 5.41) is 3.54. The molecule has 0 amide bonds. The van der Waals surface area contributed by atoms with E-state index in [2.05, 4.69) is 40.2 Å². The molecule has 1 aromatic rings. The Morgan fingerprint density at radius 1 is 1.26 bits per heavy atom. The fraction of sp³-hybridized carbons (Fsp3) is 0.600. The van der Waals surface area contributed by atoms with E-state index in [0.29, 0.717) is 6.10 Å². The van der Waals surface area contributed by atoms with Gasteiger partial charge in [-0.3, -0.25) is 0 Å². The predicted molar refractivity (Wildman–Crippen MR) is 81.2 cm³/mol. The summed E-state index contributed by atoms with van der Waals surface area (Å²) in [6.07, 6.45) is 1.36. The third-order valence-electron chi connectivity index (χ3n) is 3.79. The van der Waals surface area contributed by atoms with E-state index in [1.807, 2.05) is 6.07 Å². The average molecular weight is 278 g/mol. The maximum absolute atomic E-state index is 5.92. The zero-order chi connectivity index (χ0) is 12.9. The number of benzene rings is 1. The second-order valence-electron chi connectivity index (χ2n) is 5.21. The molecule has 3 nitrogen and oxygen atoms in total. The van der Waals surface area contributed by atoms with Gasteiger partial charge >= 0.3 is 0 Å². The molecule has 0 bridgehead atoms. The van der Waals surface area contributed by atoms with Crippen LogP contribution < -0.4 is 10.1 Å². The molecule has 0 aromatic heterocycles. The van der Waals surface area contributed by atoms with Crippen LogP contribution in [0.3, 0.4) is 0 Å². The van der Waals surface area contributed by atoms with Crippen molar-refractivity contribution in [2.45, 2.75) is 12.5 Å². The zero-order valence-corrected chi connectivity index (χ0v) is 12.1. The summed E-state index contributed by atoms with van der Waals surface area (Å²) in [4.78, 5) is 2.55. The molecule has 104 valence electrons. The standard InChI is InChI=1S/C15H22N2OS/c1-2-4-15-13(3-1)11-14(18-15)12-16-5-6-17-7-9-19-10-8-17/h1-4,14,16H,5-12H2. The number of fused-ring (bicyclic) bond motifs is 1. The molecule has 0 spiro atoms. The Morgan fingerprint density at radius 2 is 2.11 bits per heavy atom. The molecule has 2 aliphatic heterocycles. The van der Waals surface area contributed by atoms with Crippen molar-refractivity contribution < 1.29 is 4.74 Å². The van der Waals surface area contributed by atoms with Crippen LogP contribution >= 0.6 is 11.8 Å². The van der Waals surface area contributed by atoms with Crippen molar-refractivity contribution >= 4 is 11.8 Å². The highest BCUT2D eigenvalue weighted by Gasteiger charge is 2.21. The summed E-state index contributed by atoms with van der Waals surface area (Å²) in [5.41, 5.74) is 1.35. The average Bonchev–Trinajstić information content (AvgIpc) is 2.87. The van der Waals surface area contributed by atoms with Gasteiger partial charge in [0.25, 0.3) is 0 Å². The number of ether oxygens (including phenoxy) is 1. The highest BCUT2D eigenvalue weighted by molar-refractivity contribution is 7.99. The van der Waals surface area contributed by atoms with Gasteiger partial charge in [0.05, 0.1) is 0 Å². The molecule has 1 N–H and O–H groups in total. The number of rotatable bonds is 5. The smallest absolute Gasteiger partial charge is 0.123 e. The monoisotopic (exact) mass is 278 g/mol. The van der Waals surface area contributed by atoms with Crippen LogP contribution in [0.1, 0.15) is 5.56 Å². The molecule has 1 aromatic carbocycles. The Morgan fingerprint density at radius 3 is 2.95 bits per heavy atom. The Kier molecular flexibility index (Phi) is 4.64. The number of hydrogen-bond acceptors (Lipinski definition) is 4. The summed E-state index contributed by atoms with van der Waals surface area (Å²) in [6, 6.07) is 8.37. The first-order chi connectivity index (χ1) is 9.42. The van der Waals surface area contributed by atoms with Crippen molar-refractivity contribution in [2.24, 2.45) is 0 Å². The van der Waals surface area contributed by atoms with Crippen LogP contribution in [-0.2, 0) is 6.42 Å². The maximum Gasteiger partial charge on any atom is 0.123 e. The lowest BCUT2D eigenvalue weighted by Crippen LogP contribution is -2.40. The minimum absolute atomic E-state index is 0.314. The van der Waals surface area contributed by atoms with E-state index < -0.39 is 0 Å². The van der Waals surface area contributed by atoms with Crippen LogP contribution in [0.15, 0.2) is 24.3 Å². The minimum atomic E-state index is 0.314. The van der Waals surface area contributed by atoms with Crippen molar-refractivity contribution in [3.63, 3.8) is 0 Å². The molecule has 1 unspecified atom stereocenters. The summed E-state index contributed by atoms with van der Waals surface area (Å²) in [5.74, 6) is 3.66. The molecule has 1 fully saturated rings. The fourth-order valence-electron chi connectivity index (χ4n) is 2.69. The van der Waals surface area contributed by atoms with Gasteiger partial charge in [-0.2, -0.15) is 11.8 Å². The van der Waals surface area contributed by atoms with Gasteiger partial charge in [0.15, 0.2) is 0 Å². The highest BCUT2D eigenvalue weighted by atomic mass is 32.2. The quantitative estimate of drug-likeness (QED) is 0.828. The Balaban J connectivity index is 1.33. The molecule has 2 aliphatic rings. The van der Waals surface area contributed by atoms with Gasteiger partial charge in [-0.1, -0.05) is 18.2 Å². The van der Waals surface area contributed by atoms with Crippen LogP contribution in [0.2, 0.25) is 0 Å². The molecular formula is C15H22N2OS. The van der Waals surface area contributed by atoms with E-state index >= 15 is 0 Å². The third-order valence-corrected chi connectivity index (χ3v) is 4.74. The topological polar surface area (TPSA) is 24.5 Å². The van der Waals surface area contributed by atoms with Crippen LogP contribution in [0.4, 0.5) is 0 Å². The van der Waals surface area contributed by atoms with Crippen LogP contribution in [0.25, 0.3) is 0 Å². The minimum Gasteiger partial charge on any atom is -0.488 e. The van der Waals surface area contributed by atoms with Gasteiger partial charge in [0, 0.05) is 50.7 Å². The van der Waals surface area contributed by atoms with Gasteiger partial charge in [0.2, 0.25) is 0 Å². The normalized spacial score (nSPS) is 23.1. The van der Waals surface area contributed by atoms with Crippen LogP contribution in [0, 0.1) is 0 Å². The second kappa shape index (κ2) is 6.64. The van der Waals surface area contributed by atoms with Gasteiger partial charge in [-0.25, -0.2) is 0 Å². The lowest BCUT2D eigenvalue weighted by atomic mass is 10.1. The van der Waals surface area contributed by atoms with Gasteiger partial charge in [-0.15, -0.1) is 0 Å². The second-order valence-corrected chi connectivity index (χ2v) is 6.43. The number of hydrogen-bond donors (Lipinski definition) is 1. The molecule has 1 atom stereocenters. The molecule has 0 aliphatic carbocycles. The Labute approximate surface area is 119 Å². The summed E-state index contributed by atoms with van der Waals surface area (Å²) < 4.78 is 5.92.